The predicted molar refractivity (Wildman–Crippen MR) is 129 cm³/mol. The molecule has 1 aromatic carbocycles. The van der Waals surface area contributed by atoms with E-state index < -0.39 is 10.0 Å². The number of hydrogen-bond acceptors (Lipinski definition) is 5. The van der Waals surface area contributed by atoms with Gasteiger partial charge in [-0.15, -0.1) is 0 Å². The number of piperazine rings is 1. The van der Waals surface area contributed by atoms with Crippen molar-refractivity contribution < 1.29 is 18.0 Å². The molecule has 0 radical (unpaired) electrons. The molecule has 34 heavy (non-hydrogen) atoms. The number of benzene rings is 1. The second-order valence-corrected chi connectivity index (χ2v) is 12.5. The first-order valence-corrected chi connectivity index (χ1v) is 14.5. The van der Waals surface area contributed by atoms with Gasteiger partial charge in [0.15, 0.2) is 0 Å². The lowest BCUT2D eigenvalue weighted by Gasteiger charge is -2.40. The molecule has 2 aliphatic heterocycles. The highest BCUT2D eigenvalue weighted by Gasteiger charge is 2.48. The van der Waals surface area contributed by atoms with Crippen molar-refractivity contribution in [1.29, 1.82) is 0 Å². The molecule has 4 aliphatic rings. The highest BCUT2D eigenvalue weighted by Crippen LogP contribution is 2.39. The maximum absolute atomic E-state index is 13.6. The molecule has 0 N–H and O–H groups in total. The maximum atomic E-state index is 13.6. The molecule has 4 fully saturated rings. The van der Waals surface area contributed by atoms with Crippen molar-refractivity contribution in [2.75, 3.05) is 26.2 Å². The number of aryl methyl sites for hydroxylation is 1. The third kappa shape index (κ3) is 4.44. The lowest BCUT2D eigenvalue weighted by Crippen LogP contribution is -2.52. The summed E-state index contributed by atoms with van der Waals surface area (Å²) in [5.74, 6) is -0.539. The molecule has 0 aromatic heterocycles. The van der Waals surface area contributed by atoms with Gasteiger partial charge in [-0.3, -0.25) is 19.4 Å². The average molecular weight is 488 g/mol. The summed E-state index contributed by atoms with van der Waals surface area (Å²) in [7, 11) is -3.63. The fourth-order valence-electron chi connectivity index (χ4n) is 6.48. The molecule has 2 amide bonds. The smallest absolute Gasteiger partial charge is 0.243 e. The van der Waals surface area contributed by atoms with Gasteiger partial charge < -0.3 is 0 Å². The molecule has 186 valence electrons. The Morgan fingerprint density at radius 3 is 2.03 bits per heavy atom. The lowest BCUT2D eigenvalue weighted by atomic mass is 9.81. The fraction of sp³-hybridized carbons (Fsp3) is 0.692. The third-order valence-corrected chi connectivity index (χ3v) is 10.5. The van der Waals surface area contributed by atoms with E-state index in [0.717, 1.165) is 38.8 Å². The van der Waals surface area contributed by atoms with E-state index in [1.54, 1.807) is 16.4 Å². The summed E-state index contributed by atoms with van der Waals surface area (Å²) in [5, 5.41) is 0. The Balaban J connectivity index is 1.29. The molecule has 0 unspecified atom stereocenters. The van der Waals surface area contributed by atoms with Gasteiger partial charge in [0.05, 0.1) is 23.3 Å². The van der Waals surface area contributed by atoms with Gasteiger partial charge in [0.1, 0.15) is 0 Å². The third-order valence-electron chi connectivity index (χ3n) is 8.51. The van der Waals surface area contributed by atoms with Crippen LogP contribution in [0.15, 0.2) is 23.1 Å². The van der Waals surface area contributed by atoms with E-state index in [0.29, 0.717) is 35.2 Å². The second kappa shape index (κ2) is 9.70. The molecule has 8 heteroatoms. The number of imide groups is 1. The summed E-state index contributed by atoms with van der Waals surface area (Å²) in [4.78, 5) is 29.9. The molecular weight excluding hydrogens is 450 g/mol. The zero-order valence-electron chi connectivity index (χ0n) is 20.2. The Kier molecular flexibility index (Phi) is 6.84. The first-order valence-electron chi connectivity index (χ1n) is 13.1. The first-order chi connectivity index (χ1) is 16.4. The fourth-order valence-corrected chi connectivity index (χ4v) is 8.18. The normalized spacial score (nSPS) is 27.9. The Hall–Kier alpha value is -1.77. The molecule has 2 saturated heterocycles. The summed E-state index contributed by atoms with van der Waals surface area (Å²) < 4.78 is 28.8. The largest absolute Gasteiger partial charge is 0.298 e. The number of nitrogens with zero attached hydrogens (tertiary/aromatic N) is 3. The Bertz CT molecular complexity index is 1020. The molecular formula is C26H37N3O4S. The number of rotatable bonds is 5. The van der Waals surface area contributed by atoms with Crippen LogP contribution in [-0.4, -0.2) is 66.6 Å². The zero-order chi connectivity index (χ0) is 23.9. The van der Waals surface area contributed by atoms with Crippen LogP contribution in [0.25, 0.3) is 0 Å². The van der Waals surface area contributed by atoms with Crippen LogP contribution in [0.2, 0.25) is 0 Å². The predicted octanol–water partition coefficient (Wildman–Crippen LogP) is 3.31. The Labute approximate surface area is 203 Å². The Morgan fingerprint density at radius 2 is 1.41 bits per heavy atom. The minimum absolute atomic E-state index is 0.0847. The minimum atomic E-state index is -3.63. The number of carbonyl (C=O) groups is 2. The zero-order valence-corrected chi connectivity index (χ0v) is 21.1. The van der Waals surface area contributed by atoms with Crippen LogP contribution in [0.5, 0.6) is 0 Å². The van der Waals surface area contributed by atoms with Crippen LogP contribution < -0.4 is 0 Å². The van der Waals surface area contributed by atoms with Gasteiger partial charge in [-0.25, -0.2) is 8.42 Å². The van der Waals surface area contributed by atoms with Gasteiger partial charge in [0.25, 0.3) is 0 Å². The van der Waals surface area contributed by atoms with Gasteiger partial charge >= 0.3 is 0 Å². The summed E-state index contributed by atoms with van der Waals surface area (Å²) in [6.45, 7) is 4.55. The van der Waals surface area contributed by atoms with Gasteiger partial charge in [0.2, 0.25) is 21.8 Å². The molecule has 0 bridgehead atoms. The topological polar surface area (TPSA) is 78.0 Å². The van der Waals surface area contributed by atoms with Crippen molar-refractivity contribution in [2.45, 2.75) is 82.2 Å². The van der Waals surface area contributed by atoms with Crippen LogP contribution in [0.4, 0.5) is 0 Å². The highest BCUT2D eigenvalue weighted by molar-refractivity contribution is 7.89. The van der Waals surface area contributed by atoms with Gasteiger partial charge in [-0.1, -0.05) is 44.2 Å². The molecule has 0 spiro atoms. The second-order valence-electron chi connectivity index (χ2n) is 10.6. The lowest BCUT2D eigenvalue weighted by molar-refractivity contribution is -0.140. The summed E-state index contributed by atoms with van der Waals surface area (Å²) in [6.07, 6.45) is 9.88. The van der Waals surface area contributed by atoms with Crippen molar-refractivity contribution in [3.63, 3.8) is 0 Å². The van der Waals surface area contributed by atoms with E-state index in [1.165, 1.54) is 37.0 Å². The maximum Gasteiger partial charge on any atom is 0.243 e. The SMILES string of the molecule is Cc1ccc(CN2C(=O)[C@H]3CCCC[C@H]3C2=O)cc1S(=O)(=O)N1CCN(C2CCCCC2)CC1. The number of amides is 2. The van der Waals surface area contributed by atoms with Crippen molar-refractivity contribution in [3.05, 3.63) is 29.3 Å². The average Bonchev–Trinajstić information content (AvgIpc) is 3.10. The monoisotopic (exact) mass is 487 g/mol. The summed E-state index contributed by atoms with van der Waals surface area (Å²) in [5.41, 5.74) is 1.40. The first kappa shape index (κ1) is 23.9. The van der Waals surface area contributed by atoms with E-state index in [2.05, 4.69) is 4.90 Å². The molecule has 5 rings (SSSR count). The van der Waals surface area contributed by atoms with Crippen LogP contribution in [0, 0.1) is 18.8 Å². The van der Waals surface area contributed by atoms with E-state index in [1.807, 2.05) is 13.0 Å². The minimum Gasteiger partial charge on any atom is -0.298 e. The molecule has 1 aromatic rings. The van der Waals surface area contributed by atoms with E-state index in [4.69, 9.17) is 0 Å². The van der Waals surface area contributed by atoms with Crippen molar-refractivity contribution in [2.24, 2.45) is 11.8 Å². The van der Waals surface area contributed by atoms with Crippen LogP contribution in [0.1, 0.15) is 68.9 Å². The molecule has 7 nitrogen and oxygen atoms in total. The van der Waals surface area contributed by atoms with Crippen molar-refractivity contribution in [3.8, 4) is 0 Å². The highest BCUT2D eigenvalue weighted by atomic mass is 32.2. The van der Waals surface area contributed by atoms with Crippen LogP contribution >= 0.6 is 0 Å². The van der Waals surface area contributed by atoms with E-state index in [9.17, 15) is 18.0 Å². The molecule has 2 atom stereocenters. The standard InChI is InChI=1S/C26H37N3O4S/c1-19-11-12-20(18-29-25(30)22-9-5-6-10-23(22)26(29)31)17-24(19)34(32,33)28-15-13-27(14-16-28)21-7-3-2-4-8-21/h11-12,17,21-23H,2-10,13-16,18H2,1H3/t22-,23+. The number of fused-ring (bicyclic) bond motifs is 1. The molecule has 2 heterocycles. The summed E-state index contributed by atoms with van der Waals surface area (Å²) in [6, 6.07) is 5.93. The van der Waals surface area contributed by atoms with Crippen molar-refractivity contribution in [1.82, 2.24) is 14.1 Å². The van der Waals surface area contributed by atoms with E-state index in [-0.39, 0.29) is 30.2 Å². The van der Waals surface area contributed by atoms with E-state index >= 15 is 0 Å². The quantitative estimate of drug-likeness (QED) is 0.596. The van der Waals surface area contributed by atoms with Crippen LogP contribution in [0.3, 0.4) is 0 Å². The Morgan fingerprint density at radius 1 is 0.824 bits per heavy atom. The van der Waals surface area contributed by atoms with Crippen LogP contribution in [-0.2, 0) is 26.2 Å². The number of hydrogen-bond donors (Lipinski definition) is 0. The van der Waals surface area contributed by atoms with Gasteiger partial charge in [-0.05, 0) is 49.8 Å². The van der Waals surface area contributed by atoms with Gasteiger partial charge in [0, 0.05) is 32.2 Å². The number of carbonyl (C=O) groups excluding carboxylic acids is 2. The van der Waals surface area contributed by atoms with Crippen molar-refractivity contribution >= 4 is 21.8 Å². The molecule has 2 saturated carbocycles. The molecule has 2 aliphatic carbocycles. The number of sulfonamides is 1. The van der Waals surface area contributed by atoms with Gasteiger partial charge in [-0.2, -0.15) is 4.31 Å². The number of likely N-dealkylation sites (tertiary alicyclic amines) is 1. The summed E-state index contributed by atoms with van der Waals surface area (Å²) >= 11 is 0.